The van der Waals surface area contributed by atoms with Crippen LogP contribution in [0.2, 0.25) is 0 Å². The maximum atomic E-state index is 10.8. The molecule has 0 N–H and O–H groups in total. The molecule has 3 nitrogen and oxygen atoms in total. The van der Waals surface area contributed by atoms with E-state index in [0.717, 1.165) is 0 Å². The van der Waals surface area contributed by atoms with E-state index in [1.54, 1.807) is 30.3 Å². The van der Waals surface area contributed by atoms with E-state index >= 15 is 0 Å². The average Bonchev–Trinajstić information content (AvgIpc) is 2.07. The van der Waals surface area contributed by atoms with Gasteiger partial charge in [0.1, 0.15) is 0 Å². The Morgan fingerprint density at radius 2 is 1.91 bits per heavy atom. The summed E-state index contributed by atoms with van der Waals surface area (Å²) in [6.07, 6.45) is 0.245. The molecule has 55 valence electrons. The van der Waals surface area contributed by atoms with Gasteiger partial charge >= 0.3 is 0 Å². The van der Waals surface area contributed by atoms with E-state index < -0.39 is 5.91 Å². The number of benzene rings is 1. The molecule has 0 aliphatic rings. The molecule has 1 radical (unpaired) electrons. The minimum Gasteiger partial charge on any atom is -0.276 e. The number of carbonyl (C=O) groups excluding carboxylic acids is 2. The summed E-state index contributed by atoms with van der Waals surface area (Å²) < 4.78 is 0. The monoisotopic (exact) mass is 148 g/mol. The summed E-state index contributed by atoms with van der Waals surface area (Å²) in [5.74, 6) is -0.499. The molecule has 2 amide bonds. The molecule has 0 unspecified atom stereocenters. The number of hydrogen-bond acceptors (Lipinski definition) is 2. The van der Waals surface area contributed by atoms with Gasteiger partial charge in [-0.15, -0.1) is 0 Å². The number of amides is 2. The normalized spacial score (nSPS) is 8.73. The van der Waals surface area contributed by atoms with Crippen LogP contribution in [0.1, 0.15) is 10.4 Å². The van der Waals surface area contributed by atoms with Crippen molar-refractivity contribution in [1.82, 2.24) is 5.32 Å². The standard InChI is InChI=1S/C8H6NO2/c10-6-9-8(11)7-4-2-1-3-5-7/h1-6H. The highest BCUT2D eigenvalue weighted by molar-refractivity contribution is 5.99. The van der Waals surface area contributed by atoms with E-state index in [0.29, 0.717) is 5.56 Å². The molecule has 11 heavy (non-hydrogen) atoms. The van der Waals surface area contributed by atoms with Crippen molar-refractivity contribution in [2.75, 3.05) is 0 Å². The molecule has 0 saturated carbocycles. The first kappa shape index (κ1) is 7.47. The van der Waals surface area contributed by atoms with Crippen LogP contribution in [-0.4, -0.2) is 12.3 Å². The highest BCUT2D eigenvalue weighted by Gasteiger charge is 2.02. The van der Waals surface area contributed by atoms with E-state index in [-0.39, 0.29) is 6.41 Å². The lowest BCUT2D eigenvalue weighted by Crippen LogP contribution is -2.12. The number of imide groups is 1. The first-order valence-electron chi connectivity index (χ1n) is 3.08. The molecule has 0 aromatic heterocycles. The average molecular weight is 148 g/mol. The minimum atomic E-state index is -0.499. The summed E-state index contributed by atoms with van der Waals surface area (Å²) in [7, 11) is 0. The molecular formula is C8H6NO2. The molecule has 0 atom stereocenters. The molecule has 0 bridgehead atoms. The SMILES string of the molecule is O=C[N]C(=O)c1ccccc1. The second-order valence-corrected chi connectivity index (χ2v) is 1.91. The van der Waals surface area contributed by atoms with Crippen LogP contribution < -0.4 is 5.32 Å². The zero-order chi connectivity index (χ0) is 8.10. The van der Waals surface area contributed by atoms with Crippen LogP contribution in [-0.2, 0) is 4.79 Å². The van der Waals surface area contributed by atoms with Gasteiger partial charge < -0.3 is 0 Å². The van der Waals surface area contributed by atoms with Crippen LogP contribution in [0, 0.1) is 0 Å². The fraction of sp³-hybridized carbons (Fsp3) is 0. The Balaban J connectivity index is 2.77. The smallest absolute Gasteiger partial charge is 0.276 e. The fourth-order valence-electron chi connectivity index (χ4n) is 0.703. The van der Waals surface area contributed by atoms with Crippen molar-refractivity contribution < 1.29 is 9.59 Å². The van der Waals surface area contributed by atoms with E-state index in [1.165, 1.54) is 0 Å². The third-order valence-corrected chi connectivity index (χ3v) is 1.19. The molecule has 0 saturated heterocycles. The topological polar surface area (TPSA) is 48.2 Å². The molecule has 1 rings (SSSR count). The van der Waals surface area contributed by atoms with E-state index in [2.05, 4.69) is 5.32 Å². The van der Waals surface area contributed by atoms with Crippen LogP contribution in [0.5, 0.6) is 0 Å². The Hall–Kier alpha value is -1.64. The zero-order valence-electron chi connectivity index (χ0n) is 5.73. The van der Waals surface area contributed by atoms with Gasteiger partial charge in [0.2, 0.25) is 6.41 Å². The zero-order valence-corrected chi connectivity index (χ0v) is 5.73. The van der Waals surface area contributed by atoms with Crippen LogP contribution in [0.3, 0.4) is 0 Å². The lowest BCUT2D eigenvalue weighted by Gasteiger charge is -1.92. The van der Waals surface area contributed by atoms with Crippen molar-refractivity contribution in [2.45, 2.75) is 0 Å². The highest BCUT2D eigenvalue weighted by Crippen LogP contribution is 1.97. The molecule has 0 fully saturated rings. The molecule has 1 aromatic rings. The number of carbonyl (C=O) groups is 2. The van der Waals surface area contributed by atoms with Gasteiger partial charge in [-0.1, -0.05) is 18.2 Å². The Morgan fingerprint density at radius 3 is 2.45 bits per heavy atom. The largest absolute Gasteiger partial charge is 0.279 e. The summed E-state index contributed by atoms with van der Waals surface area (Å²) in [6, 6.07) is 8.43. The van der Waals surface area contributed by atoms with E-state index in [1.807, 2.05) is 0 Å². The van der Waals surface area contributed by atoms with Gasteiger partial charge in [-0.2, -0.15) is 5.32 Å². The van der Waals surface area contributed by atoms with Gasteiger partial charge in [0.15, 0.2) is 0 Å². The quantitative estimate of drug-likeness (QED) is 0.576. The maximum absolute atomic E-state index is 10.8. The van der Waals surface area contributed by atoms with E-state index in [4.69, 9.17) is 0 Å². The molecule has 0 heterocycles. The summed E-state index contributed by atoms with van der Waals surface area (Å²) >= 11 is 0. The van der Waals surface area contributed by atoms with Crippen LogP contribution >= 0.6 is 0 Å². The molecule has 0 aliphatic heterocycles. The first-order chi connectivity index (χ1) is 5.34. The number of nitrogens with zero attached hydrogens (tertiary/aromatic N) is 1. The van der Waals surface area contributed by atoms with Gasteiger partial charge in [-0.3, -0.25) is 9.59 Å². The third-order valence-electron chi connectivity index (χ3n) is 1.19. The summed E-state index contributed by atoms with van der Waals surface area (Å²) in [6.45, 7) is 0. The molecule has 1 aromatic carbocycles. The van der Waals surface area contributed by atoms with Crippen LogP contribution in [0.25, 0.3) is 0 Å². The highest BCUT2D eigenvalue weighted by atomic mass is 16.2. The Bertz CT molecular complexity index is 256. The van der Waals surface area contributed by atoms with Crippen molar-refractivity contribution >= 4 is 12.3 Å². The van der Waals surface area contributed by atoms with Gasteiger partial charge in [0.05, 0.1) is 0 Å². The predicted molar refractivity (Wildman–Crippen MR) is 39.0 cm³/mol. The van der Waals surface area contributed by atoms with Crippen molar-refractivity contribution in [3.8, 4) is 0 Å². The first-order valence-corrected chi connectivity index (χ1v) is 3.08. The van der Waals surface area contributed by atoms with Crippen LogP contribution in [0.15, 0.2) is 30.3 Å². The lowest BCUT2D eigenvalue weighted by atomic mass is 10.2. The van der Waals surface area contributed by atoms with Gasteiger partial charge in [0, 0.05) is 5.56 Å². The van der Waals surface area contributed by atoms with Crippen LogP contribution in [0.4, 0.5) is 0 Å². The van der Waals surface area contributed by atoms with Gasteiger partial charge in [0.25, 0.3) is 5.91 Å². The number of rotatable bonds is 2. The number of hydrogen-bond donors (Lipinski definition) is 0. The van der Waals surface area contributed by atoms with Crippen molar-refractivity contribution in [1.29, 1.82) is 0 Å². The Kier molecular flexibility index (Phi) is 2.38. The summed E-state index contributed by atoms with van der Waals surface area (Å²) in [4.78, 5) is 20.6. The third kappa shape index (κ3) is 1.89. The van der Waals surface area contributed by atoms with Gasteiger partial charge in [-0.25, -0.2) is 0 Å². The summed E-state index contributed by atoms with van der Waals surface area (Å²) in [5.41, 5.74) is 0.430. The molecular weight excluding hydrogens is 142 g/mol. The Labute approximate surface area is 64.0 Å². The molecule has 0 spiro atoms. The fourth-order valence-corrected chi connectivity index (χ4v) is 0.703. The predicted octanol–water partition coefficient (Wildman–Crippen LogP) is 0.588. The Morgan fingerprint density at radius 1 is 1.27 bits per heavy atom. The van der Waals surface area contributed by atoms with Crippen molar-refractivity contribution in [3.05, 3.63) is 35.9 Å². The maximum Gasteiger partial charge on any atom is 0.279 e. The van der Waals surface area contributed by atoms with Crippen molar-refractivity contribution in [3.63, 3.8) is 0 Å². The molecule has 0 aliphatic carbocycles. The second kappa shape index (κ2) is 3.51. The second-order valence-electron chi connectivity index (χ2n) is 1.91. The minimum absolute atomic E-state index is 0.245. The van der Waals surface area contributed by atoms with E-state index in [9.17, 15) is 9.59 Å². The van der Waals surface area contributed by atoms with Gasteiger partial charge in [-0.05, 0) is 12.1 Å². The molecule has 3 heteroatoms. The summed E-state index contributed by atoms with van der Waals surface area (Å²) in [5, 5.41) is 3.08. The lowest BCUT2D eigenvalue weighted by molar-refractivity contribution is -0.108. The van der Waals surface area contributed by atoms with Crippen molar-refractivity contribution in [2.24, 2.45) is 0 Å².